The van der Waals surface area contributed by atoms with Gasteiger partial charge in [-0.1, -0.05) is 6.07 Å². The topological polar surface area (TPSA) is 59.1 Å². The average molecular weight is 344 g/mol. The van der Waals surface area contributed by atoms with E-state index >= 15 is 0 Å². The third-order valence-electron chi connectivity index (χ3n) is 5.38. The first kappa shape index (κ1) is 16.5. The lowest BCUT2D eigenvalue weighted by Crippen LogP contribution is -2.47. The first-order valence-electron chi connectivity index (χ1n) is 9.13. The molecule has 3 aliphatic heterocycles. The third-order valence-corrected chi connectivity index (χ3v) is 5.38. The summed E-state index contributed by atoms with van der Waals surface area (Å²) in [5, 5.41) is 0. The predicted octanol–water partition coefficient (Wildman–Crippen LogP) is 1.90. The quantitative estimate of drug-likeness (QED) is 0.822. The molecule has 0 radical (unpaired) electrons. The van der Waals surface area contributed by atoms with Gasteiger partial charge in [0.05, 0.1) is 13.2 Å². The molecule has 134 valence electrons. The molecular formula is C19H24N2O4. The number of amides is 2. The van der Waals surface area contributed by atoms with Crippen LogP contribution < -0.4 is 0 Å². The predicted molar refractivity (Wildman–Crippen MR) is 91.4 cm³/mol. The van der Waals surface area contributed by atoms with Crippen molar-refractivity contribution in [2.45, 2.75) is 31.5 Å². The third kappa shape index (κ3) is 3.28. The summed E-state index contributed by atoms with van der Waals surface area (Å²) in [6.07, 6.45) is 3.52. The lowest BCUT2D eigenvalue weighted by Gasteiger charge is -2.37. The van der Waals surface area contributed by atoms with Gasteiger partial charge in [0.2, 0.25) is 0 Å². The van der Waals surface area contributed by atoms with Crippen LogP contribution in [-0.4, -0.2) is 66.8 Å². The Balaban J connectivity index is 1.43. The molecule has 25 heavy (non-hydrogen) atoms. The maximum absolute atomic E-state index is 12.8. The lowest BCUT2D eigenvalue weighted by molar-refractivity contribution is -0.181. The van der Waals surface area contributed by atoms with Crippen LogP contribution in [0.3, 0.4) is 0 Å². The SMILES string of the molecule is O=C(c1cccc(C(=O)N2CCC3(CC2)OCCO3)c1)N1CCCC1. The van der Waals surface area contributed by atoms with Crippen molar-refractivity contribution in [3.63, 3.8) is 0 Å². The van der Waals surface area contributed by atoms with Crippen molar-refractivity contribution >= 4 is 11.8 Å². The van der Waals surface area contributed by atoms with Crippen molar-refractivity contribution < 1.29 is 19.1 Å². The maximum atomic E-state index is 12.8. The van der Waals surface area contributed by atoms with Crippen molar-refractivity contribution in [3.8, 4) is 0 Å². The zero-order chi connectivity index (χ0) is 17.3. The minimum atomic E-state index is -0.482. The van der Waals surface area contributed by atoms with Crippen LogP contribution in [0.2, 0.25) is 0 Å². The highest BCUT2D eigenvalue weighted by Crippen LogP contribution is 2.31. The Morgan fingerprint density at radius 2 is 1.36 bits per heavy atom. The number of likely N-dealkylation sites (tertiary alicyclic amines) is 2. The van der Waals surface area contributed by atoms with Crippen LogP contribution in [0.4, 0.5) is 0 Å². The molecule has 0 aliphatic carbocycles. The number of ether oxygens (including phenoxy) is 2. The number of piperidine rings is 1. The van der Waals surface area contributed by atoms with Crippen molar-refractivity contribution in [1.82, 2.24) is 9.80 Å². The first-order chi connectivity index (χ1) is 12.2. The highest BCUT2D eigenvalue weighted by atomic mass is 16.7. The largest absolute Gasteiger partial charge is 0.347 e. The Morgan fingerprint density at radius 3 is 1.92 bits per heavy atom. The van der Waals surface area contributed by atoms with Crippen molar-refractivity contribution in [2.75, 3.05) is 39.4 Å². The van der Waals surface area contributed by atoms with Crippen LogP contribution in [0.5, 0.6) is 0 Å². The number of hydrogen-bond donors (Lipinski definition) is 0. The van der Waals surface area contributed by atoms with Gasteiger partial charge in [-0.15, -0.1) is 0 Å². The molecule has 1 aromatic rings. The van der Waals surface area contributed by atoms with Gasteiger partial charge >= 0.3 is 0 Å². The van der Waals surface area contributed by atoms with E-state index in [9.17, 15) is 9.59 Å². The molecule has 3 heterocycles. The van der Waals surface area contributed by atoms with Crippen molar-refractivity contribution in [3.05, 3.63) is 35.4 Å². The number of hydrogen-bond acceptors (Lipinski definition) is 4. The Morgan fingerprint density at radius 1 is 0.840 bits per heavy atom. The second kappa shape index (κ2) is 6.77. The van der Waals surface area contributed by atoms with Gasteiger partial charge in [0.1, 0.15) is 0 Å². The second-order valence-corrected chi connectivity index (χ2v) is 6.98. The minimum absolute atomic E-state index is 0.0241. The Bertz CT molecular complexity index is 653. The standard InChI is InChI=1S/C19H24N2O4/c22-17(20-8-1-2-9-20)15-4-3-5-16(14-15)18(23)21-10-6-19(7-11-21)24-12-13-25-19/h3-5,14H,1-2,6-13H2. The minimum Gasteiger partial charge on any atom is -0.347 e. The van der Waals surface area contributed by atoms with E-state index in [0.717, 1.165) is 25.9 Å². The van der Waals surface area contributed by atoms with E-state index in [1.165, 1.54) is 0 Å². The van der Waals surface area contributed by atoms with E-state index in [-0.39, 0.29) is 11.8 Å². The number of nitrogens with zero attached hydrogens (tertiary/aromatic N) is 2. The average Bonchev–Trinajstić information content (AvgIpc) is 3.34. The van der Waals surface area contributed by atoms with Gasteiger partial charge in [0.25, 0.3) is 11.8 Å². The van der Waals surface area contributed by atoms with E-state index in [2.05, 4.69) is 0 Å². The van der Waals surface area contributed by atoms with Crippen molar-refractivity contribution in [2.24, 2.45) is 0 Å². The molecule has 6 heteroatoms. The molecule has 0 bridgehead atoms. The zero-order valence-electron chi connectivity index (χ0n) is 14.4. The molecule has 2 amide bonds. The van der Waals surface area contributed by atoms with Gasteiger partial charge in [-0.3, -0.25) is 9.59 Å². The smallest absolute Gasteiger partial charge is 0.253 e. The number of carbonyl (C=O) groups excluding carboxylic acids is 2. The molecule has 3 saturated heterocycles. The molecule has 1 aromatic carbocycles. The Labute approximate surface area is 147 Å². The number of carbonyl (C=O) groups is 2. The van der Waals surface area contributed by atoms with E-state index in [4.69, 9.17) is 9.47 Å². The molecule has 0 unspecified atom stereocenters. The highest BCUT2D eigenvalue weighted by Gasteiger charge is 2.40. The van der Waals surface area contributed by atoms with E-state index in [1.807, 2.05) is 9.80 Å². The summed E-state index contributed by atoms with van der Waals surface area (Å²) in [4.78, 5) is 29.0. The summed E-state index contributed by atoms with van der Waals surface area (Å²) in [6, 6.07) is 7.11. The molecule has 1 spiro atoms. The molecule has 3 fully saturated rings. The maximum Gasteiger partial charge on any atom is 0.253 e. The fourth-order valence-electron chi connectivity index (χ4n) is 3.91. The van der Waals surface area contributed by atoms with E-state index in [0.29, 0.717) is 50.3 Å². The van der Waals surface area contributed by atoms with Crippen LogP contribution in [-0.2, 0) is 9.47 Å². The second-order valence-electron chi connectivity index (χ2n) is 6.98. The summed E-state index contributed by atoms with van der Waals surface area (Å²) >= 11 is 0. The van der Waals surface area contributed by atoms with Crippen LogP contribution in [0.1, 0.15) is 46.4 Å². The summed E-state index contributed by atoms with van der Waals surface area (Å²) in [7, 11) is 0. The molecule has 4 rings (SSSR count). The summed E-state index contributed by atoms with van der Waals surface area (Å²) < 4.78 is 11.4. The van der Waals surface area contributed by atoms with Crippen LogP contribution in [0.15, 0.2) is 24.3 Å². The number of benzene rings is 1. The molecule has 6 nitrogen and oxygen atoms in total. The zero-order valence-corrected chi connectivity index (χ0v) is 14.4. The van der Waals surface area contributed by atoms with Gasteiger partial charge in [-0.05, 0) is 31.0 Å². The molecule has 0 aromatic heterocycles. The highest BCUT2D eigenvalue weighted by molar-refractivity contribution is 5.99. The summed E-state index contributed by atoms with van der Waals surface area (Å²) in [6.45, 7) is 4.12. The fourth-order valence-corrected chi connectivity index (χ4v) is 3.91. The Hall–Kier alpha value is -1.92. The molecule has 0 N–H and O–H groups in total. The van der Waals surface area contributed by atoms with Crippen molar-refractivity contribution in [1.29, 1.82) is 0 Å². The fraction of sp³-hybridized carbons (Fsp3) is 0.579. The molecule has 0 saturated carbocycles. The molecule has 0 atom stereocenters. The lowest BCUT2D eigenvalue weighted by atomic mass is 10.0. The van der Waals surface area contributed by atoms with E-state index < -0.39 is 5.79 Å². The Kier molecular flexibility index (Phi) is 4.48. The molecule has 3 aliphatic rings. The van der Waals surface area contributed by atoms with Gasteiger partial charge in [0.15, 0.2) is 5.79 Å². The van der Waals surface area contributed by atoms with Crippen LogP contribution >= 0.6 is 0 Å². The normalized spacial score (nSPS) is 22.6. The first-order valence-corrected chi connectivity index (χ1v) is 9.13. The van der Waals surface area contributed by atoms with Gasteiger partial charge in [0, 0.05) is 50.1 Å². The van der Waals surface area contributed by atoms with Crippen LogP contribution in [0.25, 0.3) is 0 Å². The van der Waals surface area contributed by atoms with Gasteiger partial charge in [-0.25, -0.2) is 0 Å². The summed E-state index contributed by atoms with van der Waals surface area (Å²) in [5.74, 6) is -0.480. The molecular weight excluding hydrogens is 320 g/mol. The van der Waals surface area contributed by atoms with Crippen LogP contribution in [0, 0.1) is 0 Å². The number of rotatable bonds is 2. The van der Waals surface area contributed by atoms with Gasteiger partial charge < -0.3 is 19.3 Å². The van der Waals surface area contributed by atoms with E-state index in [1.54, 1.807) is 24.3 Å². The summed E-state index contributed by atoms with van der Waals surface area (Å²) in [5.41, 5.74) is 1.18. The van der Waals surface area contributed by atoms with Gasteiger partial charge in [-0.2, -0.15) is 0 Å². The monoisotopic (exact) mass is 344 g/mol.